The van der Waals surface area contributed by atoms with Gasteiger partial charge in [0.25, 0.3) is 5.91 Å². The van der Waals surface area contributed by atoms with Crippen LogP contribution in [0.4, 0.5) is 5.69 Å². The van der Waals surface area contributed by atoms with Crippen molar-refractivity contribution in [3.63, 3.8) is 0 Å². The molecule has 34 heavy (non-hydrogen) atoms. The molecule has 0 fully saturated rings. The van der Waals surface area contributed by atoms with Crippen molar-refractivity contribution in [3.8, 4) is 27.8 Å². The number of anilines is 1. The number of thiazole rings is 1. The number of hydrogen-bond acceptors (Lipinski definition) is 7. The fourth-order valence-corrected chi connectivity index (χ4v) is 4.85. The Labute approximate surface area is 210 Å². The average Bonchev–Trinajstić information content (AvgIpc) is 3.26. The molecule has 1 aromatic heterocycles. The summed E-state index contributed by atoms with van der Waals surface area (Å²) in [6.07, 6.45) is 0. The topological polar surface area (TPSA) is 81.7 Å². The third kappa shape index (κ3) is 4.91. The summed E-state index contributed by atoms with van der Waals surface area (Å²) in [6, 6.07) is 16.4. The molecule has 0 saturated heterocycles. The van der Waals surface area contributed by atoms with Crippen molar-refractivity contribution in [3.05, 3.63) is 65.2 Å². The van der Waals surface area contributed by atoms with E-state index in [0.29, 0.717) is 33.5 Å². The lowest BCUT2D eigenvalue weighted by atomic mass is 10.1. The monoisotopic (exact) mass is 513 g/mol. The van der Waals surface area contributed by atoms with E-state index in [1.807, 2.05) is 36.4 Å². The van der Waals surface area contributed by atoms with Crippen LogP contribution < -0.4 is 24.8 Å². The van der Waals surface area contributed by atoms with Crippen molar-refractivity contribution < 1.29 is 19.0 Å². The summed E-state index contributed by atoms with van der Waals surface area (Å²) in [6.45, 7) is 0. The molecule has 0 bridgehead atoms. The molecule has 0 saturated carbocycles. The molecular formula is C24H20ClN3O4S2. The number of nitrogens with one attached hydrogen (secondary N) is 2. The maximum absolute atomic E-state index is 12.7. The summed E-state index contributed by atoms with van der Waals surface area (Å²) in [5.41, 5.74) is 2.67. The van der Waals surface area contributed by atoms with E-state index >= 15 is 0 Å². The predicted octanol–water partition coefficient (Wildman–Crippen LogP) is 5.77. The fraction of sp³-hybridized carbons (Fsp3) is 0.125. The number of rotatable bonds is 6. The van der Waals surface area contributed by atoms with Gasteiger partial charge in [-0.2, -0.15) is 0 Å². The summed E-state index contributed by atoms with van der Waals surface area (Å²) in [5, 5.41) is 7.08. The van der Waals surface area contributed by atoms with Crippen molar-refractivity contribution in [2.24, 2.45) is 0 Å². The lowest BCUT2D eigenvalue weighted by Crippen LogP contribution is -2.34. The van der Waals surface area contributed by atoms with Gasteiger partial charge in [0, 0.05) is 16.8 Å². The first-order valence-electron chi connectivity index (χ1n) is 10.0. The van der Waals surface area contributed by atoms with E-state index in [1.54, 1.807) is 29.5 Å². The lowest BCUT2D eigenvalue weighted by Gasteiger charge is -2.15. The number of ether oxygens (including phenoxy) is 3. The Kier molecular flexibility index (Phi) is 7.16. The van der Waals surface area contributed by atoms with E-state index in [1.165, 1.54) is 21.3 Å². The molecule has 174 valence electrons. The van der Waals surface area contributed by atoms with Gasteiger partial charge in [0.2, 0.25) is 5.75 Å². The number of para-hydroxylation sites is 1. The highest BCUT2D eigenvalue weighted by Crippen LogP contribution is 2.38. The van der Waals surface area contributed by atoms with Crippen molar-refractivity contribution >= 4 is 62.1 Å². The molecule has 0 aliphatic carbocycles. The smallest absolute Gasteiger partial charge is 0.257 e. The van der Waals surface area contributed by atoms with E-state index in [0.717, 1.165) is 20.8 Å². The summed E-state index contributed by atoms with van der Waals surface area (Å²) in [4.78, 5) is 17.4. The normalized spacial score (nSPS) is 10.6. The third-order valence-corrected chi connectivity index (χ3v) is 6.49. The van der Waals surface area contributed by atoms with Gasteiger partial charge in [-0.3, -0.25) is 10.1 Å². The van der Waals surface area contributed by atoms with Crippen LogP contribution in [0.1, 0.15) is 10.4 Å². The zero-order valence-electron chi connectivity index (χ0n) is 18.5. The third-order valence-electron chi connectivity index (χ3n) is 4.91. The molecule has 0 atom stereocenters. The average molecular weight is 514 g/mol. The molecule has 0 aliphatic rings. The Hall–Kier alpha value is -3.40. The Morgan fingerprint density at radius 3 is 2.32 bits per heavy atom. The number of amides is 1. The maximum Gasteiger partial charge on any atom is 0.257 e. The van der Waals surface area contributed by atoms with Crippen LogP contribution in [0.2, 0.25) is 5.02 Å². The van der Waals surface area contributed by atoms with Crippen LogP contribution in [0.25, 0.3) is 20.8 Å². The molecule has 4 aromatic rings. The van der Waals surface area contributed by atoms with Crippen molar-refractivity contribution in [1.82, 2.24) is 10.3 Å². The SMILES string of the molecule is COc1cc(C(=O)NC(=S)Nc2ccc(-c3nc4ccccc4s3)c(Cl)c2)cc(OC)c1OC. The second-order valence-electron chi connectivity index (χ2n) is 7.00. The highest BCUT2D eigenvalue weighted by Gasteiger charge is 2.18. The van der Waals surface area contributed by atoms with Crippen molar-refractivity contribution in [2.75, 3.05) is 26.6 Å². The van der Waals surface area contributed by atoms with E-state index in [-0.39, 0.29) is 5.11 Å². The van der Waals surface area contributed by atoms with E-state index < -0.39 is 5.91 Å². The summed E-state index contributed by atoms with van der Waals surface area (Å²) >= 11 is 13.4. The number of carbonyl (C=O) groups excluding carboxylic acids is 1. The summed E-state index contributed by atoms with van der Waals surface area (Å²) in [7, 11) is 4.45. The molecule has 0 aliphatic heterocycles. The van der Waals surface area contributed by atoms with Crippen LogP contribution in [0.3, 0.4) is 0 Å². The van der Waals surface area contributed by atoms with Crippen LogP contribution in [-0.4, -0.2) is 37.3 Å². The quantitative estimate of drug-likeness (QED) is 0.317. The zero-order valence-corrected chi connectivity index (χ0v) is 20.9. The Morgan fingerprint density at radius 1 is 1.00 bits per heavy atom. The first-order valence-corrected chi connectivity index (χ1v) is 11.6. The number of aromatic nitrogens is 1. The number of fused-ring (bicyclic) bond motifs is 1. The number of thiocarbonyl (C=S) groups is 1. The van der Waals surface area contributed by atoms with E-state index in [9.17, 15) is 4.79 Å². The second-order valence-corrected chi connectivity index (χ2v) is 8.85. The molecule has 0 unspecified atom stereocenters. The number of hydrogen-bond donors (Lipinski definition) is 2. The predicted molar refractivity (Wildman–Crippen MR) is 140 cm³/mol. The molecule has 7 nitrogen and oxygen atoms in total. The Morgan fingerprint density at radius 2 is 1.71 bits per heavy atom. The first-order chi connectivity index (χ1) is 16.4. The van der Waals surface area contributed by atoms with Crippen LogP contribution in [0.5, 0.6) is 17.2 Å². The molecule has 2 N–H and O–H groups in total. The fourth-order valence-electron chi connectivity index (χ4n) is 3.30. The molecule has 0 radical (unpaired) electrons. The molecule has 1 amide bonds. The number of benzene rings is 3. The van der Waals surface area contributed by atoms with Crippen LogP contribution >= 0.6 is 35.2 Å². The van der Waals surface area contributed by atoms with E-state index in [2.05, 4.69) is 15.6 Å². The molecule has 10 heteroatoms. The molecular weight excluding hydrogens is 494 g/mol. The standard InChI is InChI=1S/C24H20ClN3O4S2/c1-30-18-10-13(11-19(31-2)21(18)32-3)22(29)28-24(33)26-14-8-9-15(16(25)12-14)23-27-17-6-4-5-7-20(17)34-23/h4-12H,1-3H3,(H2,26,28,29,33). The van der Waals surface area contributed by atoms with Crippen LogP contribution in [-0.2, 0) is 0 Å². The van der Waals surface area contributed by atoms with Gasteiger partial charge in [0.15, 0.2) is 16.6 Å². The Balaban J connectivity index is 1.48. The van der Waals surface area contributed by atoms with Gasteiger partial charge in [0.05, 0.1) is 36.6 Å². The van der Waals surface area contributed by atoms with Gasteiger partial charge in [-0.15, -0.1) is 11.3 Å². The molecule has 0 spiro atoms. The van der Waals surface area contributed by atoms with Gasteiger partial charge in [-0.05, 0) is 54.7 Å². The largest absolute Gasteiger partial charge is 0.493 e. The summed E-state index contributed by atoms with van der Waals surface area (Å²) < 4.78 is 17.0. The maximum atomic E-state index is 12.7. The first kappa shape index (κ1) is 23.7. The minimum absolute atomic E-state index is 0.113. The van der Waals surface area contributed by atoms with Gasteiger partial charge < -0.3 is 19.5 Å². The van der Waals surface area contributed by atoms with Crippen LogP contribution in [0.15, 0.2) is 54.6 Å². The number of carbonyl (C=O) groups is 1. The minimum Gasteiger partial charge on any atom is -0.493 e. The van der Waals surface area contributed by atoms with Gasteiger partial charge in [-0.1, -0.05) is 23.7 Å². The van der Waals surface area contributed by atoms with Gasteiger partial charge in [0.1, 0.15) is 5.01 Å². The van der Waals surface area contributed by atoms with Gasteiger partial charge in [-0.25, -0.2) is 4.98 Å². The second kappa shape index (κ2) is 10.3. The zero-order chi connectivity index (χ0) is 24.2. The molecule has 3 aromatic carbocycles. The van der Waals surface area contributed by atoms with Crippen molar-refractivity contribution in [1.29, 1.82) is 0 Å². The molecule has 1 heterocycles. The van der Waals surface area contributed by atoms with Crippen LogP contribution in [0, 0.1) is 0 Å². The Bertz CT molecular complexity index is 1330. The minimum atomic E-state index is -0.436. The summed E-state index contributed by atoms with van der Waals surface area (Å²) in [5.74, 6) is 0.685. The molecule has 4 rings (SSSR count). The highest BCUT2D eigenvalue weighted by atomic mass is 35.5. The van der Waals surface area contributed by atoms with Gasteiger partial charge >= 0.3 is 0 Å². The number of nitrogens with zero attached hydrogens (tertiary/aromatic N) is 1. The van der Waals surface area contributed by atoms with E-state index in [4.69, 9.17) is 38.0 Å². The number of methoxy groups -OCH3 is 3. The van der Waals surface area contributed by atoms with Crippen molar-refractivity contribution in [2.45, 2.75) is 0 Å². The highest BCUT2D eigenvalue weighted by molar-refractivity contribution is 7.80. The lowest BCUT2D eigenvalue weighted by molar-refractivity contribution is 0.0977. The number of halogens is 1.